The number of carbonyl (C=O) groups excluding carboxylic acids is 1. The molecule has 3 heterocycles. The minimum atomic E-state index is 0. The predicted octanol–water partition coefficient (Wildman–Crippen LogP) is 11.6. The van der Waals surface area contributed by atoms with Crippen molar-refractivity contribution in [2.24, 2.45) is 11.8 Å². The van der Waals surface area contributed by atoms with Gasteiger partial charge in [-0.25, -0.2) is 0 Å². The number of hydrogen-bond acceptors (Lipinski definition) is 5. The third-order valence-corrected chi connectivity index (χ3v) is 10.8. The molecule has 0 bridgehead atoms. The van der Waals surface area contributed by atoms with E-state index in [0.29, 0.717) is 0 Å². The number of fused-ring (bicyclic) bond motifs is 6. The molecule has 0 saturated heterocycles. The van der Waals surface area contributed by atoms with Crippen LogP contribution in [0.1, 0.15) is 63.9 Å². The summed E-state index contributed by atoms with van der Waals surface area (Å²) in [5, 5.41) is 13.3. The summed E-state index contributed by atoms with van der Waals surface area (Å²) < 4.78 is 1.28. The molecule has 1 N–H and O–H groups in total. The normalized spacial score (nSPS) is 12.3. The average molecular weight is 844 g/mol. The Bertz CT molecular complexity index is 2080. The Kier molecular flexibility index (Phi) is 12.3. The molecular weight excluding hydrogens is 801 g/mol. The van der Waals surface area contributed by atoms with Crippen LogP contribution < -0.4 is 0 Å². The second kappa shape index (κ2) is 16.6. The van der Waals surface area contributed by atoms with E-state index in [9.17, 15) is 9.90 Å². The van der Waals surface area contributed by atoms with Gasteiger partial charge in [-0.15, -0.1) is 34.9 Å². The van der Waals surface area contributed by atoms with Gasteiger partial charge in [0.15, 0.2) is 5.78 Å². The number of ketones is 1. The third-order valence-electron chi connectivity index (χ3n) is 9.62. The minimum Gasteiger partial charge on any atom is -0.512 e. The Morgan fingerprint density at radius 3 is 2.29 bits per heavy atom. The smallest absolute Gasteiger partial charge is 0.162 e. The van der Waals surface area contributed by atoms with E-state index in [2.05, 4.69) is 83.8 Å². The number of aromatic nitrogens is 2. The number of nitrogens with zero attached hydrogens (tertiary/aromatic N) is 2. The maximum atomic E-state index is 11.7. The number of hydrogen-bond donors (Lipinski definition) is 1. The first-order valence-electron chi connectivity index (χ1n) is 17.3. The van der Waals surface area contributed by atoms with E-state index >= 15 is 0 Å². The number of benzene rings is 3. The summed E-state index contributed by atoms with van der Waals surface area (Å²) in [6.07, 6.45) is 10.8. The van der Waals surface area contributed by atoms with Crippen molar-refractivity contribution in [3.05, 3.63) is 120 Å². The van der Waals surface area contributed by atoms with Gasteiger partial charge in [-0.05, 0) is 67.2 Å². The van der Waals surface area contributed by atoms with Crippen LogP contribution in [0.3, 0.4) is 0 Å². The Balaban J connectivity index is 0.000000252. The van der Waals surface area contributed by atoms with Crippen molar-refractivity contribution in [2.45, 2.75) is 66.2 Å². The number of allylic oxidation sites excluding steroid dienone is 2. The van der Waals surface area contributed by atoms with Crippen molar-refractivity contribution in [1.29, 1.82) is 0 Å². The Morgan fingerprint density at radius 2 is 1.55 bits per heavy atom. The molecule has 0 saturated carbocycles. The van der Waals surface area contributed by atoms with Crippen LogP contribution in [-0.2, 0) is 37.7 Å². The molecule has 0 unspecified atom stereocenters. The number of pyridine rings is 2. The van der Waals surface area contributed by atoms with E-state index in [1.54, 1.807) is 0 Å². The minimum absolute atomic E-state index is 0. The average Bonchev–Trinajstić information content (AvgIpc) is 3.52. The van der Waals surface area contributed by atoms with Crippen molar-refractivity contribution in [2.75, 3.05) is 0 Å². The molecular formula is C43H43IrN2O2S-. The molecule has 3 aromatic heterocycles. The number of carbonyl (C=O) groups is 1. The van der Waals surface area contributed by atoms with Crippen LogP contribution in [0.15, 0.2) is 103 Å². The second-order valence-corrected chi connectivity index (χ2v) is 13.6. The molecule has 1 aliphatic rings. The van der Waals surface area contributed by atoms with E-state index in [4.69, 9.17) is 4.98 Å². The van der Waals surface area contributed by atoms with Crippen molar-refractivity contribution < 1.29 is 30.0 Å². The van der Waals surface area contributed by atoms with Crippen LogP contribution in [0, 0.1) is 17.9 Å². The first kappa shape index (κ1) is 36.3. The number of thiophene rings is 1. The standard InChI is InChI=1S/C30H19N2S.C13H24O2.Ir/c1-2-7-19(8-3-1)24-18-21(17-20-9-4-5-10-22(20)24)30-29-27(14-16-32-30)33-26-13-12-25-23(28(26)29)11-6-15-31-25;1-5-10(6-2)12(14)9-13(15)11(7-3)8-4;/h1-11,14-16,18H,12-13H2;9-11,14H,5-8H2,1-4H3;/q-1;;/b;12-9-;. The summed E-state index contributed by atoms with van der Waals surface area (Å²) in [6, 6.07) is 31.5. The Hall–Kier alpha value is -3.96. The van der Waals surface area contributed by atoms with Crippen molar-refractivity contribution >= 4 is 38.0 Å². The molecule has 7 rings (SSSR count). The maximum Gasteiger partial charge on any atom is 0.162 e. The van der Waals surface area contributed by atoms with E-state index < -0.39 is 0 Å². The Morgan fingerprint density at radius 1 is 0.837 bits per heavy atom. The van der Waals surface area contributed by atoms with Crippen LogP contribution >= 0.6 is 11.3 Å². The van der Waals surface area contributed by atoms with Gasteiger partial charge in [-0.1, -0.05) is 98.8 Å². The van der Waals surface area contributed by atoms with Crippen molar-refractivity contribution in [3.8, 4) is 33.5 Å². The summed E-state index contributed by atoms with van der Waals surface area (Å²) in [4.78, 5) is 22.8. The maximum absolute atomic E-state index is 11.7. The van der Waals surface area contributed by atoms with Gasteiger partial charge in [-0.3, -0.25) is 14.8 Å². The number of aliphatic hydroxyl groups excluding tert-OH is 1. The molecule has 49 heavy (non-hydrogen) atoms. The molecule has 0 amide bonds. The van der Waals surface area contributed by atoms with Gasteiger partial charge < -0.3 is 5.11 Å². The molecule has 0 spiro atoms. The molecule has 0 fully saturated rings. The summed E-state index contributed by atoms with van der Waals surface area (Å²) in [7, 11) is 0. The molecule has 6 heteroatoms. The van der Waals surface area contributed by atoms with Crippen LogP contribution in [0.4, 0.5) is 0 Å². The topological polar surface area (TPSA) is 63.1 Å². The van der Waals surface area contributed by atoms with Crippen LogP contribution in [0.5, 0.6) is 0 Å². The molecule has 1 radical (unpaired) electrons. The molecule has 3 aromatic carbocycles. The van der Waals surface area contributed by atoms with E-state index in [0.717, 1.165) is 55.2 Å². The van der Waals surface area contributed by atoms with Crippen LogP contribution in [0.2, 0.25) is 0 Å². The zero-order chi connectivity index (χ0) is 33.6. The van der Waals surface area contributed by atoms with Gasteiger partial charge in [0.25, 0.3) is 0 Å². The van der Waals surface area contributed by atoms with Gasteiger partial charge in [0.2, 0.25) is 0 Å². The number of aryl methyl sites for hydroxylation is 2. The molecule has 0 aliphatic heterocycles. The van der Waals surface area contributed by atoms with Gasteiger partial charge >= 0.3 is 0 Å². The molecule has 0 atom stereocenters. The fraction of sp³-hybridized carbons (Fsp3) is 0.279. The van der Waals surface area contributed by atoms with E-state index in [1.807, 2.05) is 57.5 Å². The van der Waals surface area contributed by atoms with E-state index in [-0.39, 0.29) is 43.5 Å². The van der Waals surface area contributed by atoms with E-state index in [1.165, 1.54) is 54.4 Å². The first-order chi connectivity index (χ1) is 23.5. The van der Waals surface area contributed by atoms with Crippen LogP contribution in [0.25, 0.3) is 54.4 Å². The van der Waals surface area contributed by atoms with Crippen LogP contribution in [-0.4, -0.2) is 20.9 Å². The fourth-order valence-corrected chi connectivity index (χ4v) is 8.06. The van der Waals surface area contributed by atoms with Gasteiger partial charge in [0, 0.05) is 76.9 Å². The molecule has 1 aliphatic carbocycles. The predicted molar refractivity (Wildman–Crippen MR) is 201 cm³/mol. The zero-order valence-corrected chi connectivity index (χ0v) is 31.8. The second-order valence-electron chi connectivity index (χ2n) is 12.4. The fourth-order valence-electron chi connectivity index (χ4n) is 6.85. The van der Waals surface area contributed by atoms with Gasteiger partial charge in [0.05, 0.1) is 5.76 Å². The SMILES string of the molecule is CCC(CC)C(=O)/C=C(\O)C(CC)CC.[Ir].[c-]1c(-c2nccc3sc4c(c23)-c2cccnc2CC4)cc(-c2ccccc2)c2ccccc12. The van der Waals surface area contributed by atoms with Crippen molar-refractivity contribution in [1.82, 2.24) is 9.97 Å². The summed E-state index contributed by atoms with van der Waals surface area (Å²) in [6.45, 7) is 8.07. The number of aliphatic hydroxyl groups is 1. The molecule has 253 valence electrons. The largest absolute Gasteiger partial charge is 0.512 e. The quantitative estimate of drug-likeness (QED) is 0.0895. The summed E-state index contributed by atoms with van der Waals surface area (Å²) in [5.41, 5.74) is 8.22. The summed E-state index contributed by atoms with van der Waals surface area (Å²) >= 11 is 1.89. The first-order valence-corrected chi connectivity index (χ1v) is 18.1. The number of rotatable bonds is 9. The van der Waals surface area contributed by atoms with Gasteiger partial charge in [0.1, 0.15) is 0 Å². The molecule has 4 nitrogen and oxygen atoms in total. The van der Waals surface area contributed by atoms with Crippen molar-refractivity contribution in [3.63, 3.8) is 0 Å². The Labute approximate surface area is 307 Å². The molecule has 6 aromatic rings. The monoisotopic (exact) mass is 844 g/mol. The van der Waals surface area contributed by atoms with Gasteiger partial charge in [-0.2, -0.15) is 0 Å². The zero-order valence-electron chi connectivity index (χ0n) is 28.6. The summed E-state index contributed by atoms with van der Waals surface area (Å²) in [5.74, 6) is 0.547. The third kappa shape index (κ3) is 7.62.